The summed E-state index contributed by atoms with van der Waals surface area (Å²) >= 11 is 0. The Morgan fingerprint density at radius 1 is 1.11 bits per heavy atom. The second-order valence-electron chi connectivity index (χ2n) is 6.73. The maximum atomic E-state index is 12.4. The SMILES string of the molecule is O=C(COc1ccc2ccccc2c1)N1CC(c2nc(-c3ccco3)no2)C1. The summed E-state index contributed by atoms with van der Waals surface area (Å²) in [5.41, 5.74) is 0. The number of likely N-dealkylation sites (tertiary alicyclic amines) is 1. The maximum Gasteiger partial charge on any atom is 0.260 e. The minimum atomic E-state index is -0.0600. The topological polar surface area (TPSA) is 81.6 Å². The van der Waals surface area contributed by atoms with Gasteiger partial charge in [0.25, 0.3) is 5.91 Å². The van der Waals surface area contributed by atoms with Crippen LogP contribution < -0.4 is 4.74 Å². The molecule has 2 aromatic carbocycles. The van der Waals surface area contributed by atoms with Gasteiger partial charge in [-0.05, 0) is 35.0 Å². The highest BCUT2D eigenvalue weighted by Crippen LogP contribution is 2.28. The number of aromatic nitrogens is 2. The van der Waals surface area contributed by atoms with E-state index in [1.807, 2.05) is 42.5 Å². The Hall–Kier alpha value is -3.61. The number of rotatable bonds is 5. The van der Waals surface area contributed by atoms with Gasteiger partial charge in [-0.15, -0.1) is 0 Å². The molecule has 1 aliphatic rings. The number of fused-ring (bicyclic) bond motifs is 1. The van der Waals surface area contributed by atoms with Crippen molar-refractivity contribution in [2.45, 2.75) is 5.92 Å². The highest BCUT2D eigenvalue weighted by molar-refractivity contribution is 5.84. The summed E-state index contributed by atoms with van der Waals surface area (Å²) in [6.45, 7) is 1.09. The van der Waals surface area contributed by atoms with Crippen LogP contribution in [0.1, 0.15) is 11.8 Å². The van der Waals surface area contributed by atoms with Gasteiger partial charge in [-0.2, -0.15) is 4.98 Å². The van der Waals surface area contributed by atoms with Crippen LogP contribution in [0.4, 0.5) is 0 Å². The zero-order valence-corrected chi connectivity index (χ0v) is 14.9. The summed E-state index contributed by atoms with van der Waals surface area (Å²) < 4.78 is 16.2. The van der Waals surface area contributed by atoms with E-state index in [2.05, 4.69) is 10.1 Å². The molecule has 140 valence electrons. The molecule has 0 spiro atoms. The Morgan fingerprint density at radius 3 is 2.79 bits per heavy atom. The smallest absolute Gasteiger partial charge is 0.260 e. The van der Waals surface area contributed by atoms with Gasteiger partial charge in [0.05, 0.1) is 12.2 Å². The number of hydrogen-bond acceptors (Lipinski definition) is 6. The van der Waals surface area contributed by atoms with E-state index in [1.54, 1.807) is 23.3 Å². The van der Waals surface area contributed by atoms with Crippen LogP contribution >= 0.6 is 0 Å². The first kappa shape index (κ1) is 16.6. The molecule has 7 nitrogen and oxygen atoms in total. The molecule has 0 N–H and O–H groups in total. The van der Waals surface area contributed by atoms with E-state index in [-0.39, 0.29) is 18.4 Å². The lowest BCUT2D eigenvalue weighted by molar-refractivity contribution is -0.138. The van der Waals surface area contributed by atoms with Crippen molar-refractivity contribution in [3.63, 3.8) is 0 Å². The number of furan rings is 1. The average Bonchev–Trinajstić information content (AvgIpc) is 3.37. The van der Waals surface area contributed by atoms with Gasteiger partial charge < -0.3 is 18.6 Å². The van der Waals surface area contributed by atoms with E-state index in [1.165, 1.54) is 0 Å². The van der Waals surface area contributed by atoms with Crippen molar-refractivity contribution in [3.05, 3.63) is 66.8 Å². The second-order valence-corrected chi connectivity index (χ2v) is 6.73. The third-order valence-corrected chi connectivity index (χ3v) is 4.85. The first-order chi connectivity index (χ1) is 13.8. The van der Waals surface area contributed by atoms with Crippen LogP contribution in [0.3, 0.4) is 0 Å². The van der Waals surface area contributed by atoms with Gasteiger partial charge in [0.2, 0.25) is 11.7 Å². The average molecular weight is 375 g/mol. The lowest BCUT2D eigenvalue weighted by Gasteiger charge is -2.36. The second kappa shape index (κ2) is 6.84. The molecule has 1 saturated heterocycles. The van der Waals surface area contributed by atoms with Crippen molar-refractivity contribution in [1.29, 1.82) is 0 Å². The van der Waals surface area contributed by atoms with E-state index in [0.29, 0.717) is 36.3 Å². The largest absolute Gasteiger partial charge is 0.484 e. The van der Waals surface area contributed by atoms with Crippen LogP contribution in [-0.2, 0) is 4.79 Å². The normalized spacial score (nSPS) is 14.2. The summed E-state index contributed by atoms with van der Waals surface area (Å²) in [7, 11) is 0. The minimum absolute atomic E-state index is 0.00649. The Labute approximate surface area is 160 Å². The molecular formula is C21H17N3O4. The van der Waals surface area contributed by atoms with E-state index < -0.39 is 0 Å². The van der Waals surface area contributed by atoms with Crippen LogP contribution in [0, 0.1) is 0 Å². The van der Waals surface area contributed by atoms with Crippen molar-refractivity contribution in [2.24, 2.45) is 0 Å². The molecular weight excluding hydrogens is 358 g/mol. The Bertz CT molecular complexity index is 1110. The first-order valence-electron chi connectivity index (χ1n) is 9.03. The molecule has 1 aliphatic heterocycles. The molecule has 4 aromatic rings. The predicted molar refractivity (Wildman–Crippen MR) is 101 cm³/mol. The van der Waals surface area contributed by atoms with Crippen molar-refractivity contribution < 1.29 is 18.5 Å². The predicted octanol–water partition coefficient (Wildman–Crippen LogP) is 3.49. The molecule has 3 heterocycles. The molecule has 2 aromatic heterocycles. The van der Waals surface area contributed by atoms with Gasteiger partial charge in [0.15, 0.2) is 12.4 Å². The van der Waals surface area contributed by atoms with Gasteiger partial charge in [-0.25, -0.2) is 0 Å². The third kappa shape index (κ3) is 3.11. The van der Waals surface area contributed by atoms with Gasteiger partial charge in [-0.1, -0.05) is 35.5 Å². The summed E-state index contributed by atoms with van der Waals surface area (Å²) in [6.07, 6.45) is 1.56. The number of hydrogen-bond donors (Lipinski definition) is 0. The maximum absolute atomic E-state index is 12.4. The molecule has 7 heteroatoms. The lowest BCUT2D eigenvalue weighted by Crippen LogP contribution is -2.50. The fourth-order valence-corrected chi connectivity index (χ4v) is 3.24. The lowest BCUT2D eigenvalue weighted by atomic mass is 10.0. The van der Waals surface area contributed by atoms with Gasteiger partial charge >= 0.3 is 0 Å². The van der Waals surface area contributed by atoms with Gasteiger partial charge in [0, 0.05) is 13.1 Å². The molecule has 0 radical (unpaired) electrons. The van der Waals surface area contributed by atoms with Gasteiger partial charge in [-0.3, -0.25) is 4.79 Å². The summed E-state index contributed by atoms with van der Waals surface area (Å²) in [6, 6.07) is 17.4. The van der Waals surface area contributed by atoms with Gasteiger partial charge in [0.1, 0.15) is 5.75 Å². The summed E-state index contributed by atoms with van der Waals surface area (Å²) in [4.78, 5) is 18.4. The van der Waals surface area contributed by atoms with Crippen LogP contribution in [-0.4, -0.2) is 40.6 Å². The number of nitrogens with zero attached hydrogens (tertiary/aromatic N) is 3. The fraction of sp³-hybridized carbons (Fsp3) is 0.190. The minimum Gasteiger partial charge on any atom is -0.484 e. The molecule has 5 rings (SSSR count). The highest BCUT2D eigenvalue weighted by atomic mass is 16.5. The summed E-state index contributed by atoms with van der Waals surface area (Å²) in [5.74, 6) is 2.17. The zero-order valence-electron chi connectivity index (χ0n) is 14.9. The monoisotopic (exact) mass is 375 g/mol. The van der Waals surface area contributed by atoms with Crippen LogP contribution in [0.15, 0.2) is 69.8 Å². The first-order valence-corrected chi connectivity index (χ1v) is 9.03. The van der Waals surface area contributed by atoms with E-state index in [9.17, 15) is 4.79 Å². The number of carbonyl (C=O) groups is 1. The van der Waals surface area contributed by atoms with E-state index in [0.717, 1.165) is 10.8 Å². The Kier molecular flexibility index (Phi) is 4.05. The molecule has 1 amide bonds. The quantitative estimate of drug-likeness (QED) is 0.531. The fourth-order valence-electron chi connectivity index (χ4n) is 3.24. The zero-order chi connectivity index (χ0) is 18.9. The molecule has 1 fully saturated rings. The molecule has 0 atom stereocenters. The summed E-state index contributed by atoms with van der Waals surface area (Å²) in [5, 5.41) is 6.15. The van der Waals surface area contributed by atoms with Crippen molar-refractivity contribution >= 4 is 16.7 Å². The standard InChI is InChI=1S/C21H17N3O4/c25-19(13-27-17-8-7-14-4-1-2-5-15(14)10-17)24-11-16(12-24)21-22-20(23-28-21)18-6-3-9-26-18/h1-10,16H,11-13H2. The van der Waals surface area contributed by atoms with Crippen molar-refractivity contribution in [3.8, 4) is 17.3 Å². The Balaban J connectivity index is 1.15. The number of amides is 1. The highest BCUT2D eigenvalue weighted by Gasteiger charge is 2.35. The van der Waals surface area contributed by atoms with Crippen molar-refractivity contribution in [2.75, 3.05) is 19.7 Å². The number of carbonyl (C=O) groups excluding carboxylic acids is 1. The molecule has 0 bridgehead atoms. The van der Waals surface area contributed by atoms with E-state index >= 15 is 0 Å². The van der Waals surface area contributed by atoms with Crippen LogP contribution in [0.5, 0.6) is 5.75 Å². The third-order valence-electron chi connectivity index (χ3n) is 4.85. The Morgan fingerprint density at radius 2 is 1.96 bits per heavy atom. The number of benzene rings is 2. The molecule has 0 unspecified atom stereocenters. The van der Waals surface area contributed by atoms with Crippen molar-refractivity contribution in [1.82, 2.24) is 15.0 Å². The van der Waals surface area contributed by atoms with Crippen LogP contribution in [0.25, 0.3) is 22.4 Å². The number of ether oxygens (including phenoxy) is 1. The molecule has 0 aliphatic carbocycles. The van der Waals surface area contributed by atoms with Crippen LogP contribution in [0.2, 0.25) is 0 Å². The molecule has 28 heavy (non-hydrogen) atoms. The van der Waals surface area contributed by atoms with E-state index in [4.69, 9.17) is 13.7 Å². The molecule has 0 saturated carbocycles.